The highest BCUT2D eigenvalue weighted by Gasteiger charge is 2.48. The predicted molar refractivity (Wildman–Crippen MR) is 147 cm³/mol. The van der Waals surface area contributed by atoms with Crippen LogP contribution in [0.3, 0.4) is 0 Å². The molecule has 0 bridgehead atoms. The largest absolute Gasteiger partial charge is 0.368 e. The molecule has 2 fully saturated rings. The number of ether oxygens (including phenoxy) is 4. The van der Waals surface area contributed by atoms with E-state index in [4.69, 9.17) is 18.9 Å². The van der Waals surface area contributed by atoms with Crippen molar-refractivity contribution in [1.82, 2.24) is 0 Å². The molecule has 2 heterocycles. The molecule has 4 rings (SSSR count). The quantitative estimate of drug-likeness (QED) is 0.346. The van der Waals surface area contributed by atoms with Crippen LogP contribution in [0.25, 0.3) is 0 Å². The van der Waals surface area contributed by atoms with Crippen LogP contribution in [0.15, 0.2) is 65.6 Å². The molecule has 2 saturated heterocycles. The molecule has 0 aliphatic carbocycles. The van der Waals surface area contributed by atoms with Crippen molar-refractivity contribution in [1.29, 1.82) is 0 Å². The van der Waals surface area contributed by atoms with Crippen LogP contribution in [0, 0.1) is 23.7 Å². The molecular formula is C31H44O4S. The molecule has 2 aromatic carbocycles. The van der Waals surface area contributed by atoms with E-state index in [0.717, 1.165) is 12.8 Å². The fraction of sp³-hybridized carbons (Fsp3) is 0.613. The summed E-state index contributed by atoms with van der Waals surface area (Å²) in [6.07, 6.45) is 1.67. The van der Waals surface area contributed by atoms with Crippen molar-refractivity contribution in [2.45, 2.75) is 102 Å². The SMILES string of the molecule is CCC1O[C@H](OC2[C@@H](Sc3ccccc3)OC(CC)[C@@H](C)[C@@H]2C)C(OCc2ccccc2)[C@@H](C)[C@@H]1C. The first-order valence-electron chi connectivity index (χ1n) is 13.8. The highest BCUT2D eigenvalue weighted by atomic mass is 32.2. The monoisotopic (exact) mass is 512 g/mol. The van der Waals surface area contributed by atoms with Gasteiger partial charge in [0.05, 0.1) is 24.9 Å². The van der Waals surface area contributed by atoms with E-state index in [-0.39, 0.29) is 29.9 Å². The van der Waals surface area contributed by atoms with Crippen molar-refractivity contribution < 1.29 is 18.9 Å². The van der Waals surface area contributed by atoms with Gasteiger partial charge >= 0.3 is 0 Å². The lowest BCUT2D eigenvalue weighted by Crippen LogP contribution is -2.56. The summed E-state index contributed by atoms with van der Waals surface area (Å²) in [5.41, 5.74) is 1.07. The maximum atomic E-state index is 6.95. The summed E-state index contributed by atoms with van der Waals surface area (Å²) in [7, 11) is 0. The lowest BCUT2D eigenvalue weighted by Gasteiger charge is -2.49. The summed E-state index contributed by atoms with van der Waals surface area (Å²) in [5, 5.41) is 0. The molecule has 0 spiro atoms. The maximum absolute atomic E-state index is 6.95. The maximum Gasteiger partial charge on any atom is 0.184 e. The minimum atomic E-state index is -0.426. The second-order valence-electron chi connectivity index (χ2n) is 10.6. The Morgan fingerprint density at radius 3 is 1.86 bits per heavy atom. The molecule has 0 amide bonds. The third-order valence-corrected chi connectivity index (χ3v) is 9.56. The van der Waals surface area contributed by atoms with Gasteiger partial charge in [-0.05, 0) is 54.2 Å². The molecule has 0 N–H and O–H groups in total. The minimum absolute atomic E-state index is 0.0982. The number of hydrogen-bond acceptors (Lipinski definition) is 5. The van der Waals surface area contributed by atoms with E-state index in [2.05, 4.69) is 96.1 Å². The zero-order chi connectivity index (χ0) is 25.7. The fourth-order valence-corrected chi connectivity index (χ4v) is 6.86. The molecule has 36 heavy (non-hydrogen) atoms. The van der Waals surface area contributed by atoms with Crippen LogP contribution in [-0.2, 0) is 25.6 Å². The third kappa shape index (κ3) is 6.36. The number of benzene rings is 2. The van der Waals surface area contributed by atoms with E-state index in [1.807, 2.05) is 6.07 Å². The van der Waals surface area contributed by atoms with Crippen molar-refractivity contribution in [2.75, 3.05) is 0 Å². The number of rotatable bonds is 9. The van der Waals surface area contributed by atoms with Gasteiger partial charge in [0.25, 0.3) is 0 Å². The van der Waals surface area contributed by atoms with Crippen molar-refractivity contribution >= 4 is 11.8 Å². The number of thioether (sulfide) groups is 1. The van der Waals surface area contributed by atoms with Gasteiger partial charge in [0, 0.05) is 4.90 Å². The van der Waals surface area contributed by atoms with E-state index in [0.29, 0.717) is 30.3 Å². The lowest BCUT2D eigenvalue weighted by molar-refractivity contribution is -0.314. The molecule has 4 nitrogen and oxygen atoms in total. The molecule has 0 aromatic heterocycles. The standard InChI is InChI=1S/C31H44O4S/c1-7-26-20(3)22(5)28(32-19-24-15-11-9-12-16-24)30(33-26)35-29-23(6)21(4)27(8-2)34-31(29)36-25-17-13-10-14-18-25/h9-18,20-23,26-31H,7-8,19H2,1-6H3/t20-,21-,22-,23-,26?,27?,28?,29?,30+,31+/m0/s1. The molecule has 4 unspecified atom stereocenters. The summed E-state index contributed by atoms with van der Waals surface area (Å²) in [5.74, 6) is 1.45. The Morgan fingerprint density at radius 2 is 1.25 bits per heavy atom. The first-order chi connectivity index (χ1) is 17.4. The topological polar surface area (TPSA) is 36.9 Å². The minimum Gasteiger partial charge on any atom is -0.368 e. The van der Waals surface area contributed by atoms with E-state index in [1.54, 1.807) is 11.8 Å². The molecule has 2 aromatic rings. The fourth-order valence-electron chi connectivity index (χ4n) is 5.63. The smallest absolute Gasteiger partial charge is 0.184 e. The van der Waals surface area contributed by atoms with E-state index < -0.39 is 6.29 Å². The van der Waals surface area contributed by atoms with Gasteiger partial charge in [-0.2, -0.15) is 0 Å². The Hall–Kier alpha value is -1.37. The second kappa shape index (κ2) is 12.9. The zero-order valence-electron chi connectivity index (χ0n) is 22.7. The summed E-state index contributed by atoms with van der Waals surface area (Å²) in [4.78, 5) is 1.20. The summed E-state index contributed by atoms with van der Waals surface area (Å²) < 4.78 is 26.8. The normalized spacial score (nSPS) is 37.1. The molecule has 0 radical (unpaired) electrons. The first kappa shape index (κ1) is 27.7. The van der Waals surface area contributed by atoms with Crippen molar-refractivity contribution in [3.8, 4) is 0 Å². The summed E-state index contributed by atoms with van der Waals surface area (Å²) >= 11 is 1.76. The molecular weight excluding hydrogens is 468 g/mol. The van der Waals surface area contributed by atoms with Crippen LogP contribution < -0.4 is 0 Å². The number of hydrogen-bond donors (Lipinski definition) is 0. The average Bonchev–Trinajstić information content (AvgIpc) is 2.91. The molecule has 198 valence electrons. The molecule has 0 saturated carbocycles. The van der Waals surface area contributed by atoms with Crippen molar-refractivity contribution in [3.05, 3.63) is 66.2 Å². The zero-order valence-corrected chi connectivity index (χ0v) is 23.5. The highest BCUT2D eigenvalue weighted by Crippen LogP contribution is 2.43. The molecule has 2 aliphatic heterocycles. The van der Waals surface area contributed by atoms with Gasteiger partial charge < -0.3 is 18.9 Å². The molecule has 2 aliphatic rings. The Kier molecular flexibility index (Phi) is 9.93. The van der Waals surface area contributed by atoms with Gasteiger partial charge in [0.2, 0.25) is 0 Å². The van der Waals surface area contributed by atoms with Gasteiger partial charge in [0.15, 0.2) is 6.29 Å². The van der Waals surface area contributed by atoms with Crippen LogP contribution in [0.4, 0.5) is 0 Å². The third-order valence-electron chi connectivity index (χ3n) is 8.40. The van der Waals surface area contributed by atoms with Crippen molar-refractivity contribution in [2.24, 2.45) is 23.7 Å². The van der Waals surface area contributed by atoms with Crippen LogP contribution in [0.5, 0.6) is 0 Å². The van der Waals surface area contributed by atoms with Gasteiger partial charge in [-0.1, -0.05) is 102 Å². The summed E-state index contributed by atoms with van der Waals surface area (Å²) in [6, 6.07) is 20.9. The van der Waals surface area contributed by atoms with E-state index in [1.165, 1.54) is 10.5 Å². The van der Waals surface area contributed by atoms with Crippen molar-refractivity contribution in [3.63, 3.8) is 0 Å². The lowest BCUT2D eigenvalue weighted by atomic mass is 9.81. The van der Waals surface area contributed by atoms with E-state index in [9.17, 15) is 0 Å². The molecule has 10 atom stereocenters. The Morgan fingerprint density at radius 1 is 0.694 bits per heavy atom. The average molecular weight is 513 g/mol. The Labute approximate surface area is 222 Å². The van der Waals surface area contributed by atoms with Gasteiger partial charge in [0.1, 0.15) is 11.5 Å². The Balaban J connectivity index is 1.57. The first-order valence-corrected chi connectivity index (χ1v) is 14.6. The highest BCUT2D eigenvalue weighted by molar-refractivity contribution is 7.99. The van der Waals surface area contributed by atoms with Crippen LogP contribution >= 0.6 is 11.8 Å². The van der Waals surface area contributed by atoms with Crippen LogP contribution in [0.1, 0.15) is 59.9 Å². The molecule has 5 heteroatoms. The van der Waals surface area contributed by atoms with Crippen LogP contribution in [-0.4, -0.2) is 36.1 Å². The van der Waals surface area contributed by atoms with Gasteiger partial charge in [-0.3, -0.25) is 0 Å². The van der Waals surface area contributed by atoms with Gasteiger partial charge in [-0.15, -0.1) is 0 Å². The Bertz CT molecular complexity index is 909. The van der Waals surface area contributed by atoms with Crippen LogP contribution in [0.2, 0.25) is 0 Å². The second-order valence-corrected chi connectivity index (χ2v) is 11.8. The van der Waals surface area contributed by atoms with E-state index >= 15 is 0 Å². The predicted octanol–water partition coefficient (Wildman–Crippen LogP) is 7.56. The summed E-state index contributed by atoms with van der Waals surface area (Å²) in [6.45, 7) is 14.1. The van der Waals surface area contributed by atoms with Gasteiger partial charge in [-0.25, -0.2) is 0 Å².